The van der Waals surface area contributed by atoms with Crippen molar-refractivity contribution in [2.24, 2.45) is 24.4 Å². The summed E-state index contributed by atoms with van der Waals surface area (Å²) in [5.74, 6) is -0.0381. The molecule has 5 rings (SSSR count). The van der Waals surface area contributed by atoms with E-state index in [9.17, 15) is 9.59 Å². The number of carbonyl (C=O) groups is 2. The molecular formula is C25H28N6O2. The van der Waals surface area contributed by atoms with Gasteiger partial charge in [0.1, 0.15) is 0 Å². The molecule has 8 heteroatoms. The van der Waals surface area contributed by atoms with E-state index in [2.05, 4.69) is 34.3 Å². The normalized spacial score (nSPS) is 18.8. The number of primary amides is 1. The summed E-state index contributed by atoms with van der Waals surface area (Å²) in [6, 6.07) is 15.6. The summed E-state index contributed by atoms with van der Waals surface area (Å²) in [4.78, 5) is 31.3. The third-order valence-corrected chi connectivity index (χ3v) is 6.79. The molecule has 2 aromatic carbocycles. The predicted molar refractivity (Wildman–Crippen MR) is 129 cm³/mol. The smallest absolute Gasteiger partial charge is 0.253 e. The lowest BCUT2D eigenvalue weighted by Gasteiger charge is -2.35. The molecule has 2 atom stereocenters. The number of nitrogens with two attached hydrogens (primary N) is 2. The lowest BCUT2D eigenvalue weighted by molar-refractivity contribution is -0.123. The zero-order valence-electron chi connectivity index (χ0n) is 18.9. The Hall–Kier alpha value is -3.65. The Balaban J connectivity index is 1.49. The molecule has 0 radical (unpaired) electrons. The number of likely N-dealkylation sites (tertiary alicyclic amines) is 1. The van der Waals surface area contributed by atoms with Crippen LogP contribution in [0.25, 0.3) is 33.5 Å². The Kier molecular flexibility index (Phi) is 5.17. The largest absolute Gasteiger partial charge is 0.369 e. The highest BCUT2D eigenvalue weighted by Crippen LogP contribution is 2.30. The highest BCUT2D eigenvalue weighted by molar-refractivity contribution is 5.98. The minimum Gasteiger partial charge on any atom is -0.369 e. The number of piperidine rings is 1. The van der Waals surface area contributed by atoms with E-state index >= 15 is 0 Å². The average molecular weight is 445 g/mol. The molecule has 1 saturated heterocycles. The van der Waals surface area contributed by atoms with Crippen LogP contribution in [0.4, 0.5) is 0 Å². The monoisotopic (exact) mass is 444 g/mol. The molecule has 0 saturated carbocycles. The maximum Gasteiger partial charge on any atom is 0.253 e. The molecule has 0 bridgehead atoms. The molecule has 4 N–H and O–H groups in total. The number of hydrogen-bond acceptors (Lipinski definition) is 4. The van der Waals surface area contributed by atoms with Crippen molar-refractivity contribution in [3.63, 3.8) is 0 Å². The van der Waals surface area contributed by atoms with Crippen molar-refractivity contribution in [3.8, 4) is 11.5 Å². The van der Waals surface area contributed by atoms with Crippen LogP contribution in [0, 0.1) is 5.92 Å². The van der Waals surface area contributed by atoms with Crippen LogP contribution in [0.1, 0.15) is 23.7 Å². The molecule has 1 fully saturated rings. The van der Waals surface area contributed by atoms with Crippen LogP contribution in [-0.4, -0.2) is 50.0 Å². The second kappa shape index (κ2) is 8.04. The molecule has 33 heavy (non-hydrogen) atoms. The number of nitrogens with zero attached hydrogens (tertiary/aromatic N) is 4. The SMILES string of the molecule is CCn1c(-c2nc3cc(C(=O)N4CC[C@@H](C(N)=O)C(N)C4)ccc3n2C)cc2ccccc21. The zero-order chi connectivity index (χ0) is 23.3. The highest BCUT2D eigenvalue weighted by Gasteiger charge is 2.32. The molecule has 0 aliphatic carbocycles. The van der Waals surface area contributed by atoms with Gasteiger partial charge in [-0.2, -0.15) is 0 Å². The summed E-state index contributed by atoms with van der Waals surface area (Å²) in [6.45, 7) is 3.73. The number of benzene rings is 2. The van der Waals surface area contributed by atoms with Crippen molar-refractivity contribution in [2.75, 3.05) is 13.1 Å². The molecule has 1 aliphatic heterocycles. The van der Waals surface area contributed by atoms with Gasteiger partial charge in [-0.25, -0.2) is 4.98 Å². The standard InChI is InChI=1S/C25H28N6O2/c1-3-31-20-7-5-4-6-15(20)13-22(31)24-28-19-12-16(8-9-21(19)29(24)2)25(33)30-11-10-17(23(27)32)18(26)14-30/h4-9,12-13,17-18H,3,10-11,14,26H2,1-2H3,(H2,27,32)/t17-,18?/m1/s1. The third-order valence-electron chi connectivity index (χ3n) is 6.79. The van der Waals surface area contributed by atoms with Gasteiger partial charge in [0.25, 0.3) is 5.91 Å². The minimum atomic E-state index is -0.443. The first-order valence-electron chi connectivity index (χ1n) is 11.3. The fraction of sp³-hybridized carbons (Fsp3) is 0.320. The summed E-state index contributed by atoms with van der Waals surface area (Å²) >= 11 is 0. The number of carbonyl (C=O) groups excluding carboxylic acids is 2. The van der Waals surface area contributed by atoms with E-state index in [-0.39, 0.29) is 11.8 Å². The maximum absolute atomic E-state index is 13.2. The van der Waals surface area contributed by atoms with Gasteiger partial charge in [-0.15, -0.1) is 0 Å². The van der Waals surface area contributed by atoms with Crippen molar-refractivity contribution < 1.29 is 9.59 Å². The molecule has 1 unspecified atom stereocenters. The Morgan fingerprint density at radius 3 is 2.64 bits per heavy atom. The number of hydrogen-bond donors (Lipinski definition) is 2. The van der Waals surface area contributed by atoms with Crippen molar-refractivity contribution in [2.45, 2.75) is 25.9 Å². The molecule has 2 aromatic heterocycles. The Labute approximate surface area is 191 Å². The molecular weight excluding hydrogens is 416 g/mol. The maximum atomic E-state index is 13.2. The molecule has 3 heterocycles. The fourth-order valence-corrected chi connectivity index (χ4v) is 5.00. The number of aryl methyl sites for hydroxylation is 2. The van der Waals surface area contributed by atoms with Gasteiger partial charge >= 0.3 is 0 Å². The zero-order valence-corrected chi connectivity index (χ0v) is 18.9. The quantitative estimate of drug-likeness (QED) is 0.504. The summed E-state index contributed by atoms with van der Waals surface area (Å²) in [5.41, 5.74) is 16.0. The van der Waals surface area contributed by atoms with E-state index in [4.69, 9.17) is 16.5 Å². The van der Waals surface area contributed by atoms with Crippen LogP contribution in [0.5, 0.6) is 0 Å². The van der Waals surface area contributed by atoms with E-state index in [1.807, 2.05) is 37.4 Å². The van der Waals surface area contributed by atoms with E-state index in [0.717, 1.165) is 29.1 Å². The lowest BCUT2D eigenvalue weighted by Crippen LogP contribution is -2.53. The average Bonchev–Trinajstić information content (AvgIpc) is 3.35. The molecule has 2 amide bonds. The van der Waals surface area contributed by atoms with Gasteiger partial charge in [-0.1, -0.05) is 18.2 Å². The van der Waals surface area contributed by atoms with Crippen LogP contribution in [0.3, 0.4) is 0 Å². The van der Waals surface area contributed by atoms with E-state index < -0.39 is 11.9 Å². The van der Waals surface area contributed by atoms with E-state index in [1.165, 1.54) is 10.9 Å². The summed E-state index contributed by atoms with van der Waals surface area (Å²) in [7, 11) is 2.00. The second-order valence-electron chi connectivity index (χ2n) is 8.74. The van der Waals surface area contributed by atoms with Crippen molar-refractivity contribution in [3.05, 3.63) is 54.1 Å². The number of fused-ring (bicyclic) bond motifs is 2. The summed E-state index contributed by atoms with van der Waals surface area (Å²) in [6.07, 6.45) is 0.486. The van der Waals surface area contributed by atoms with Gasteiger partial charge in [0.15, 0.2) is 5.82 Å². The van der Waals surface area contributed by atoms with Gasteiger partial charge in [-0.05, 0) is 43.7 Å². The van der Waals surface area contributed by atoms with Gasteiger partial charge in [-0.3, -0.25) is 9.59 Å². The summed E-state index contributed by atoms with van der Waals surface area (Å²) in [5, 5.41) is 1.17. The number of para-hydroxylation sites is 1. The highest BCUT2D eigenvalue weighted by atomic mass is 16.2. The molecule has 8 nitrogen and oxygen atoms in total. The molecule has 0 spiro atoms. The van der Waals surface area contributed by atoms with Crippen molar-refractivity contribution >= 4 is 33.8 Å². The second-order valence-corrected chi connectivity index (χ2v) is 8.74. The van der Waals surface area contributed by atoms with Crippen LogP contribution in [0.15, 0.2) is 48.5 Å². The van der Waals surface area contributed by atoms with Gasteiger partial charge < -0.3 is 25.5 Å². The van der Waals surface area contributed by atoms with Gasteiger partial charge in [0.2, 0.25) is 5.91 Å². The number of aromatic nitrogens is 3. The topological polar surface area (TPSA) is 112 Å². The third kappa shape index (κ3) is 3.47. The Bertz CT molecular complexity index is 1380. The number of rotatable bonds is 4. The number of imidazole rings is 1. The minimum absolute atomic E-state index is 0.106. The molecule has 1 aliphatic rings. The predicted octanol–water partition coefficient (Wildman–Crippen LogP) is 2.49. The van der Waals surface area contributed by atoms with E-state index in [0.29, 0.717) is 25.1 Å². The van der Waals surface area contributed by atoms with Gasteiger partial charge in [0, 0.05) is 49.2 Å². The first-order valence-corrected chi connectivity index (χ1v) is 11.3. The molecule has 170 valence electrons. The van der Waals surface area contributed by atoms with Crippen LogP contribution in [-0.2, 0) is 18.4 Å². The Morgan fingerprint density at radius 2 is 1.91 bits per heavy atom. The van der Waals surface area contributed by atoms with Crippen LogP contribution < -0.4 is 11.5 Å². The molecule has 4 aromatic rings. The van der Waals surface area contributed by atoms with Gasteiger partial charge in [0.05, 0.1) is 22.6 Å². The fourth-order valence-electron chi connectivity index (χ4n) is 5.00. The van der Waals surface area contributed by atoms with Crippen LogP contribution in [0.2, 0.25) is 0 Å². The van der Waals surface area contributed by atoms with Crippen molar-refractivity contribution in [1.29, 1.82) is 0 Å². The Morgan fingerprint density at radius 1 is 1.12 bits per heavy atom. The number of amides is 2. The first-order chi connectivity index (χ1) is 15.9. The van der Waals surface area contributed by atoms with Crippen LogP contribution >= 0.6 is 0 Å². The van der Waals surface area contributed by atoms with Crippen molar-refractivity contribution in [1.82, 2.24) is 19.0 Å². The first kappa shape index (κ1) is 21.2. The van der Waals surface area contributed by atoms with E-state index in [1.54, 1.807) is 4.90 Å². The lowest BCUT2D eigenvalue weighted by atomic mass is 9.91. The summed E-state index contributed by atoms with van der Waals surface area (Å²) < 4.78 is 4.32.